The molecule has 0 bridgehead atoms. The van der Waals surface area contributed by atoms with Crippen LogP contribution in [0, 0.1) is 18.6 Å². The number of nitrogens with zero attached hydrogens (tertiary/aromatic N) is 2. The van der Waals surface area contributed by atoms with E-state index in [1.807, 2.05) is 31.2 Å². The molecule has 140 valence electrons. The van der Waals surface area contributed by atoms with E-state index in [4.69, 9.17) is 9.15 Å². The van der Waals surface area contributed by atoms with Gasteiger partial charge in [0, 0.05) is 17.5 Å². The largest absolute Gasteiger partial charge is 0.458 e. The van der Waals surface area contributed by atoms with Crippen molar-refractivity contribution in [3.8, 4) is 11.5 Å². The van der Waals surface area contributed by atoms with Crippen LogP contribution in [-0.4, -0.2) is 16.2 Å². The van der Waals surface area contributed by atoms with Crippen molar-refractivity contribution in [2.24, 2.45) is 0 Å². The van der Waals surface area contributed by atoms with Gasteiger partial charge in [0.15, 0.2) is 0 Å². The Bertz CT molecular complexity index is 939. The molecule has 1 aromatic heterocycles. The SMILES string of the molecule is Cc1ccc(-c2nnc(CCC(=O)OC(C)c3cc(F)ccc3F)o2)cc1. The Hall–Kier alpha value is -3.09. The van der Waals surface area contributed by atoms with Gasteiger partial charge in [-0.3, -0.25) is 4.79 Å². The van der Waals surface area contributed by atoms with E-state index in [-0.39, 0.29) is 18.4 Å². The summed E-state index contributed by atoms with van der Waals surface area (Å²) in [7, 11) is 0. The number of halogens is 2. The molecule has 0 aliphatic heterocycles. The van der Waals surface area contributed by atoms with Crippen LogP contribution in [0.3, 0.4) is 0 Å². The summed E-state index contributed by atoms with van der Waals surface area (Å²) in [6.45, 7) is 3.46. The molecule has 0 radical (unpaired) electrons. The zero-order chi connectivity index (χ0) is 19.4. The summed E-state index contributed by atoms with van der Waals surface area (Å²) in [5.74, 6) is -1.12. The predicted molar refractivity (Wildman–Crippen MR) is 93.7 cm³/mol. The fraction of sp³-hybridized carbons (Fsp3) is 0.250. The lowest BCUT2D eigenvalue weighted by Gasteiger charge is -2.14. The maximum Gasteiger partial charge on any atom is 0.306 e. The highest BCUT2D eigenvalue weighted by molar-refractivity contribution is 5.70. The van der Waals surface area contributed by atoms with Crippen LogP contribution < -0.4 is 0 Å². The number of aryl methyl sites for hydroxylation is 2. The molecular weight excluding hydrogens is 354 g/mol. The Morgan fingerprint density at radius 3 is 2.63 bits per heavy atom. The fourth-order valence-corrected chi connectivity index (χ4v) is 2.52. The molecule has 2 aromatic carbocycles. The van der Waals surface area contributed by atoms with Crippen molar-refractivity contribution in [1.29, 1.82) is 0 Å². The molecule has 27 heavy (non-hydrogen) atoms. The van der Waals surface area contributed by atoms with E-state index >= 15 is 0 Å². The number of hydrogen-bond acceptors (Lipinski definition) is 5. The average molecular weight is 372 g/mol. The van der Waals surface area contributed by atoms with Crippen LogP contribution in [0.5, 0.6) is 0 Å². The van der Waals surface area contributed by atoms with Crippen LogP contribution in [0.25, 0.3) is 11.5 Å². The van der Waals surface area contributed by atoms with Gasteiger partial charge >= 0.3 is 5.97 Å². The van der Waals surface area contributed by atoms with Gasteiger partial charge in [0.05, 0.1) is 6.42 Å². The monoisotopic (exact) mass is 372 g/mol. The summed E-state index contributed by atoms with van der Waals surface area (Å²) in [5, 5.41) is 7.88. The lowest BCUT2D eigenvalue weighted by Crippen LogP contribution is -2.11. The molecule has 3 aromatic rings. The Morgan fingerprint density at radius 2 is 1.89 bits per heavy atom. The van der Waals surface area contributed by atoms with Gasteiger partial charge in [-0.05, 0) is 44.2 Å². The molecule has 7 heteroatoms. The van der Waals surface area contributed by atoms with E-state index in [0.29, 0.717) is 11.8 Å². The smallest absolute Gasteiger partial charge is 0.306 e. The van der Waals surface area contributed by atoms with Gasteiger partial charge in [-0.25, -0.2) is 8.78 Å². The molecule has 0 aliphatic carbocycles. The van der Waals surface area contributed by atoms with Crippen LogP contribution >= 0.6 is 0 Å². The van der Waals surface area contributed by atoms with Gasteiger partial charge in [0.1, 0.15) is 17.7 Å². The minimum absolute atomic E-state index is 0.0113. The first kappa shape index (κ1) is 18.7. The highest BCUT2D eigenvalue weighted by Crippen LogP contribution is 2.22. The van der Waals surface area contributed by atoms with Crippen LogP contribution in [0.1, 0.15) is 36.5 Å². The van der Waals surface area contributed by atoms with E-state index < -0.39 is 23.7 Å². The fourth-order valence-electron chi connectivity index (χ4n) is 2.52. The molecule has 1 unspecified atom stereocenters. The molecular formula is C20H18F2N2O3. The van der Waals surface area contributed by atoms with Crippen molar-refractivity contribution >= 4 is 5.97 Å². The van der Waals surface area contributed by atoms with E-state index in [1.54, 1.807) is 0 Å². The third kappa shape index (κ3) is 4.75. The number of aromatic nitrogens is 2. The van der Waals surface area contributed by atoms with Crippen LogP contribution in [0.4, 0.5) is 8.78 Å². The van der Waals surface area contributed by atoms with Crippen molar-refractivity contribution in [3.63, 3.8) is 0 Å². The van der Waals surface area contributed by atoms with Crippen molar-refractivity contribution < 1.29 is 22.7 Å². The molecule has 0 spiro atoms. The summed E-state index contributed by atoms with van der Waals surface area (Å²) >= 11 is 0. The van der Waals surface area contributed by atoms with Gasteiger partial charge in [0.25, 0.3) is 0 Å². The zero-order valence-corrected chi connectivity index (χ0v) is 14.9. The second-order valence-electron chi connectivity index (χ2n) is 6.16. The number of carbonyl (C=O) groups excluding carboxylic acids is 1. The molecule has 0 aliphatic rings. The van der Waals surface area contributed by atoms with E-state index in [0.717, 1.165) is 29.3 Å². The van der Waals surface area contributed by atoms with Gasteiger partial charge in [-0.2, -0.15) is 0 Å². The molecule has 1 atom stereocenters. The normalized spacial score (nSPS) is 12.0. The minimum Gasteiger partial charge on any atom is -0.458 e. The standard InChI is InChI=1S/C20H18F2N2O3/c1-12-3-5-14(6-4-12)20-24-23-18(27-20)9-10-19(25)26-13(2)16-11-15(21)7-8-17(16)22/h3-8,11,13H,9-10H2,1-2H3. The molecule has 1 heterocycles. The molecule has 3 rings (SSSR count). The van der Waals surface area contributed by atoms with Crippen molar-refractivity contribution in [1.82, 2.24) is 10.2 Å². The first-order chi connectivity index (χ1) is 12.9. The number of ether oxygens (including phenoxy) is 1. The molecule has 5 nitrogen and oxygen atoms in total. The maximum absolute atomic E-state index is 13.7. The number of esters is 1. The molecule has 0 N–H and O–H groups in total. The van der Waals surface area contributed by atoms with E-state index in [2.05, 4.69) is 10.2 Å². The Balaban J connectivity index is 1.56. The number of benzene rings is 2. The lowest BCUT2D eigenvalue weighted by atomic mass is 10.1. The average Bonchev–Trinajstić information content (AvgIpc) is 3.11. The topological polar surface area (TPSA) is 65.2 Å². The third-order valence-electron chi connectivity index (χ3n) is 4.01. The third-order valence-corrected chi connectivity index (χ3v) is 4.01. The second kappa shape index (κ2) is 8.07. The number of rotatable bonds is 6. The maximum atomic E-state index is 13.7. The second-order valence-corrected chi connectivity index (χ2v) is 6.16. The van der Waals surface area contributed by atoms with Crippen LogP contribution in [0.2, 0.25) is 0 Å². The lowest BCUT2D eigenvalue weighted by molar-refractivity contribution is -0.148. The molecule has 0 amide bonds. The first-order valence-corrected chi connectivity index (χ1v) is 8.46. The van der Waals surface area contributed by atoms with Gasteiger partial charge in [-0.1, -0.05) is 17.7 Å². The summed E-state index contributed by atoms with van der Waals surface area (Å²) in [6, 6.07) is 10.6. The van der Waals surface area contributed by atoms with Crippen molar-refractivity contribution in [3.05, 3.63) is 71.1 Å². The first-order valence-electron chi connectivity index (χ1n) is 8.46. The van der Waals surface area contributed by atoms with Crippen molar-refractivity contribution in [2.45, 2.75) is 32.8 Å². The van der Waals surface area contributed by atoms with Crippen LogP contribution in [0.15, 0.2) is 46.9 Å². The minimum atomic E-state index is -0.904. The Kier molecular flexibility index (Phi) is 5.59. The van der Waals surface area contributed by atoms with Crippen molar-refractivity contribution in [2.75, 3.05) is 0 Å². The van der Waals surface area contributed by atoms with E-state index in [9.17, 15) is 13.6 Å². The highest BCUT2D eigenvalue weighted by Gasteiger charge is 2.17. The van der Waals surface area contributed by atoms with Gasteiger partial charge in [-0.15, -0.1) is 10.2 Å². The van der Waals surface area contributed by atoms with Gasteiger partial charge in [0.2, 0.25) is 11.8 Å². The Labute approximate surface area is 155 Å². The van der Waals surface area contributed by atoms with Gasteiger partial charge < -0.3 is 9.15 Å². The molecule has 0 saturated carbocycles. The summed E-state index contributed by atoms with van der Waals surface area (Å²) in [6.07, 6.45) is -0.730. The number of carbonyl (C=O) groups is 1. The zero-order valence-electron chi connectivity index (χ0n) is 14.9. The summed E-state index contributed by atoms with van der Waals surface area (Å²) in [5.41, 5.74) is 1.89. The predicted octanol–water partition coefficient (Wildman–Crippen LogP) is 4.56. The summed E-state index contributed by atoms with van der Waals surface area (Å²) < 4.78 is 37.7. The van der Waals surface area contributed by atoms with E-state index in [1.165, 1.54) is 6.92 Å². The molecule has 0 fully saturated rings. The summed E-state index contributed by atoms with van der Waals surface area (Å²) in [4.78, 5) is 12.0. The quantitative estimate of drug-likeness (QED) is 0.594. The molecule has 0 saturated heterocycles. The highest BCUT2D eigenvalue weighted by atomic mass is 19.1. The number of hydrogen-bond donors (Lipinski definition) is 0. The Morgan fingerprint density at radius 1 is 1.15 bits per heavy atom. The van der Waals surface area contributed by atoms with Crippen LogP contribution in [-0.2, 0) is 16.0 Å².